The molecule has 20 heavy (non-hydrogen) atoms. The van der Waals surface area contributed by atoms with E-state index in [9.17, 15) is 4.79 Å². The van der Waals surface area contributed by atoms with E-state index < -0.39 is 0 Å². The molecular formula is C14H12Cl2N2O2. The van der Waals surface area contributed by atoms with Gasteiger partial charge in [0, 0.05) is 11.6 Å². The third-order valence-electron chi connectivity index (χ3n) is 2.60. The number of carbonyl (C=O) groups is 1. The van der Waals surface area contributed by atoms with Crippen LogP contribution in [0.25, 0.3) is 0 Å². The van der Waals surface area contributed by atoms with Gasteiger partial charge in [0.05, 0.1) is 7.11 Å². The first-order valence-corrected chi connectivity index (χ1v) is 6.58. The SMILES string of the molecule is COc1ccc(CNC(=O)c2cc(Cl)cc(Cl)n2)cc1. The van der Waals surface area contributed by atoms with Gasteiger partial charge in [-0.3, -0.25) is 4.79 Å². The summed E-state index contributed by atoms with van der Waals surface area (Å²) in [5.41, 5.74) is 1.14. The van der Waals surface area contributed by atoms with Crippen LogP contribution >= 0.6 is 23.2 Å². The minimum absolute atomic E-state index is 0.187. The highest BCUT2D eigenvalue weighted by Gasteiger charge is 2.09. The zero-order chi connectivity index (χ0) is 14.5. The average Bonchev–Trinajstić information content (AvgIpc) is 2.44. The minimum Gasteiger partial charge on any atom is -0.497 e. The molecule has 104 valence electrons. The molecule has 0 saturated heterocycles. The highest BCUT2D eigenvalue weighted by molar-refractivity contribution is 6.34. The Morgan fingerprint density at radius 3 is 2.55 bits per heavy atom. The number of benzene rings is 1. The molecule has 1 aromatic heterocycles. The van der Waals surface area contributed by atoms with Crippen LogP contribution in [0.3, 0.4) is 0 Å². The van der Waals surface area contributed by atoms with Crippen LogP contribution in [0.4, 0.5) is 0 Å². The van der Waals surface area contributed by atoms with Crippen LogP contribution in [0.2, 0.25) is 10.2 Å². The third-order valence-corrected chi connectivity index (χ3v) is 3.02. The van der Waals surface area contributed by atoms with Crippen LogP contribution in [-0.4, -0.2) is 18.0 Å². The number of pyridine rings is 1. The van der Waals surface area contributed by atoms with Gasteiger partial charge in [0.2, 0.25) is 0 Å². The second-order valence-corrected chi connectivity index (χ2v) is 4.85. The first kappa shape index (κ1) is 14.6. The minimum atomic E-state index is -0.329. The molecule has 0 aliphatic heterocycles. The van der Waals surface area contributed by atoms with Crippen molar-refractivity contribution >= 4 is 29.1 Å². The van der Waals surface area contributed by atoms with Gasteiger partial charge in [0.25, 0.3) is 5.91 Å². The Morgan fingerprint density at radius 1 is 1.25 bits per heavy atom. The summed E-state index contributed by atoms with van der Waals surface area (Å²) in [6.07, 6.45) is 0. The summed E-state index contributed by atoms with van der Waals surface area (Å²) >= 11 is 11.6. The number of hydrogen-bond donors (Lipinski definition) is 1. The van der Waals surface area contributed by atoms with Crippen LogP contribution < -0.4 is 10.1 Å². The van der Waals surface area contributed by atoms with Gasteiger partial charge in [-0.25, -0.2) is 4.98 Å². The van der Waals surface area contributed by atoms with Crippen LogP contribution in [0.1, 0.15) is 16.1 Å². The Kier molecular flexibility index (Phi) is 4.82. The van der Waals surface area contributed by atoms with Crippen molar-refractivity contribution in [3.63, 3.8) is 0 Å². The van der Waals surface area contributed by atoms with E-state index in [4.69, 9.17) is 27.9 Å². The van der Waals surface area contributed by atoms with Crippen LogP contribution in [0.15, 0.2) is 36.4 Å². The number of aromatic nitrogens is 1. The van der Waals surface area contributed by atoms with Crippen molar-refractivity contribution in [3.05, 3.63) is 57.8 Å². The Hall–Kier alpha value is -1.78. The summed E-state index contributed by atoms with van der Waals surface area (Å²) < 4.78 is 5.06. The Labute approximate surface area is 126 Å². The topological polar surface area (TPSA) is 51.2 Å². The number of amides is 1. The number of ether oxygens (including phenoxy) is 1. The molecule has 0 radical (unpaired) electrons. The first-order chi connectivity index (χ1) is 9.58. The van der Waals surface area contributed by atoms with Gasteiger partial charge in [0.1, 0.15) is 16.6 Å². The van der Waals surface area contributed by atoms with E-state index in [1.165, 1.54) is 12.1 Å². The molecule has 1 N–H and O–H groups in total. The molecule has 0 bridgehead atoms. The molecule has 0 aliphatic rings. The summed E-state index contributed by atoms with van der Waals surface area (Å²) in [5, 5.41) is 3.31. The molecule has 0 fully saturated rings. The lowest BCUT2D eigenvalue weighted by Gasteiger charge is -2.06. The molecule has 0 atom stereocenters. The third kappa shape index (κ3) is 3.85. The van der Waals surface area contributed by atoms with E-state index in [0.29, 0.717) is 11.6 Å². The van der Waals surface area contributed by atoms with Gasteiger partial charge in [0.15, 0.2) is 0 Å². The van der Waals surface area contributed by atoms with Gasteiger partial charge in [-0.1, -0.05) is 35.3 Å². The quantitative estimate of drug-likeness (QED) is 0.881. The maximum Gasteiger partial charge on any atom is 0.270 e. The smallest absolute Gasteiger partial charge is 0.270 e. The van der Waals surface area contributed by atoms with Gasteiger partial charge in [-0.05, 0) is 29.8 Å². The second-order valence-electron chi connectivity index (χ2n) is 4.02. The summed E-state index contributed by atoms with van der Waals surface area (Å²) in [4.78, 5) is 15.9. The number of halogens is 2. The average molecular weight is 311 g/mol. The monoisotopic (exact) mass is 310 g/mol. The first-order valence-electron chi connectivity index (χ1n) is 5.82. The van der Waals surface area contributed by atoms with Crippen LogP contribution in [-0.2, 0) is 6.54 Å². The summed E-state index contributed by atoms with van der Waals surface area (Å²) in [7, 11) is 1.60. The summed E-state index contributed by atoms with van der Waals surface area (Å²) in [6, 6.07) is 10.3. The Morgan fingerprint density at radius 2 is 1.95 bits per heavy atom. The summed E-state index contributed by atoms with van der Waals surface area (Å²) in [6.45, 7) is 0.384. The zero-order valence-corrected chi connectivity index (χ0v) is 12.2. The van der Waals surface area contributed by atoms with Crippen molar-refractivity contribution in [2.24, 2.45) is 0 Å². The molecule has 6 heteroatoms. The number of nitrogens with zero attached hydrogens (tertiary/aromatic N) is 1. The molecule has 2 aromatic rings. The molecule has 1 amide bonds. The number of hydrogen-bond acceptors (Lipinski definition) is 3. The van der Waals surface area contributed by atoms with Crippen LogP contribution in [0.5, 0.6) is 5.75 Å². The highest BCUT2D eigenvalue weighted by atomic mass is 35.5. The number of carbonyl (C=O) groups excluding carboxylic acids is 1. The van der Waals surface area contributed by atoms with Crippen molar-refractivity contribution in [2.75, 3.05) is 7.11 Å². The lowest BCUT2D eigenvalue weighted by atomic mass is 10.2. The van der Waals surface area contributed by atoms with E-state index in [1.807, 2.05) is 24.3 Å². The molecule has 1 aromatic carbocycles. The Balaban J connectivity index is 2.00. The van der Waals surface area contributed by atoms with Crippen molar-refractivity contribution < 1.29 is 9.53 Å². The second kappa shape index (κ2) is 6.59. The standard InChI is InChI=1S/C14H12Cl2N2O2/c1-20-11-4-2-9(3-5-11)8-17-14(19)12-6-10(15)7-13(16)18-12/h2-7H,8H2,1H3,(H,17,19). The number of nitrogens with one attached hydrogen (secondary N) is 1. The van der Waals surface area contributed by atoms with E-state index in [2.05, 4.69) is 10.3 Å². The molecule has 1 heterocycles. The maximum atomic E-state index is 11.9. The van der Waals surface area contributed by atoms with E-state index in [-0.39, 0.29) is 16.8 Å². The normalized spacial score (nSPS) is 10.2. The predicted molar refractivity (Wildman–Crippen MR) is 78.4 cm³/mol. The van der Waals surface area contributed by atoms with Gasteiger partial charge >= 0.3 is 0 Å². The predicted octanol–water partition coefficient (Wildman–Crippen LogP) is 3.33. The highest BCUT2D eigenvalue weighted by Crippen LogP contribution is 2.15. The van der Waals surface area contributed by atoms with Crippen molar-refractivity contribution in [2.45, 2.75) is 6.54 Å². The van der Waals surface area contributed by atoms with Gasteiger partial charge in [-0.15, -0.1) is 0 Å². The number of rotatable bonds is 4. The molecule has 0 aliphatic carbocycles. The molecule has 4 nitrogen and oxygen atoms in total. The van der Waals surface area contributed by atoms with Crippen LogP contribution in [0, 0.1) is 0 Å². The van der Waals surface area contributed by atoms with Crippen molar-refractivity contribution in [1.82, 2.24) is 10.3 Å². The van der Waals surface area contributed by atoms with E-state index in [1.54, 1.807) is 7.11 Å². The number of methoxy groups -OCH3 is 1. The van der Waals surface area contributed by atoms with Crippen molar-refractivity contribution in [3.8, 4) is 5.75 Å². The molecular weight excluding hydrogens is 299 g/mol. The molecule has 0 saturated carbocycles. The molecule has 0 spiro atoms. The fourth-order valence-corrected chi connectivity index (χ4v) is 2.07. The molecule has 2 rings (SSSR count). The Bertz CT molecular complexity index is 595. The molecule has 0 unspecified atom stereocenters. The van der Waals surface area contributed by atoms with Crippen molar-refractivity contribution in [1.29, 1.82) is 0 Å². The summed E-state index contributed by atoms with van der Waals surface area (Å²) in [5.74, 6) is 0.439. The lowest BCUT2D eigenvalue weighted by Crippen LogP contribution is -2.23. The van der Waals surface area contributed by atoms with Gasteiger partial charge in [-0.2, -0.15) is 0 Å². The maximum absolute atomic E-state index is 11.9. The van der Waals surface area contributed by atoms with E-state index >= 15 is 0 Å². The fourth-order valence-electron chi connectivity index (χ4n) is 1.60. The van der Waals surface area contributed by atoms with Gasteiger partial charge < -0.3 is 10.1 Å². The fraction of sp³-hybridized carbons (Fsp3) is 0.143. The largest absolute Gasteiger partial charge is 0.497 e. The van der Waals surface area contributed by atoms with E-state index in [0.717, 1.165) is 11.3 Å². The zero-order valence-electron chi connectivity index (χ0n) is 10.7. The lowest BCUT2D eigenvalue weighted by molar-refractivity contribution is 0.0946.